The Morgan fingerprint density at radius 2 is 0.766 bits per heavy atom. The molecule has 0 fully saturated rings. The lowest BCUT2D eigenvalue weighted by atomic mass is 10.0. The van der Waals surface area contributed by atoms with Gasteiger partial charge in [-0.1, -0.05) is 158 Å². The fourth-order valence-electron chi connectivity index (χ4n) is 8.28. The molecule has 0 aliphatic rings. The number of nitrogens with zero attached hydrogens (tertiary/aromatic N) is 5. The lowest BCUT2D eigenvalue weighted by Gasteiger charge is -2.32. The molecule has 64 heavy (non-hydrogen) atoms. The van der Waals surface area contributed by atoms with Crippen LogP contribution in [-0.4, -0.2) is 15.1 Å². The van der Waals surface area contributed by atoms with E-state index >= 15 is 0 Å². The van der Waals surface area contributed by atoms with Crippen LogP contribution >= 0.6 is 0 Å². The van der Waals surface area contributed by atoms with Crippen molar-refractivity contribution in [2.45, 2.75) is 0 Å². The number of pyridine rings is 2. The predicted octanol–water partition coefficient (Wildman–Crippen LogP) is 15.6. The van der Waals surface area contributed by atoms with Crippen LogP contribution in [0.25, 0.3) is 33.5 Å². The van der Waals surface area contributed by atoms with Crippen molar-refractivity contribution in [3.05, 3.63) is 255 Å². The summed E-state index contributed by atoms with van der Waals surface area (Å²) in [5, 5.41) is 11.4. The molecule has 10 rings (SSSR count). The summed E-state index contributed by atoms with van der Waals surface area (Å²) in [6, 6.07) is 84.7. The third kappa shape index (κ3) is 8.07. The van der Waals surface area contributed by atoms with Crippen LogP contribution in [0.3, 0.4) is 0 Å². The maximum atomic E-state index is 11.4. The molecular weight excluding hydrogens is 783 g/mol. The van der Waals surface area contributed by atoms with Crippen LogP contribution in [-0.2, 0) is 0 Å². The fraction of sp³-hybridized carbons (Fsp3) is 0. The van der Waals surface area contributed by atoms with Crippen molar-refractivity contribution in [1.29, 1.82) is 0 Å². The monoisotopic (exact) mass is 825 g/mol. The molecule has 0 saturated heterocycles. The summed E-state index contributed by atoms with van der Waals surface area (Å²) in [5.41, 5.74) is 12.1. The molecule has 6 nitrogen and oxygen atoms in total. The number of anilines is 9. The molecule has 0 saturated carbocycles. The van der Waals surface area contributed by atoms with Crippen molar-refractivity contribution in [2.75, 3.05) is 14.7 Å². The first-order chi connectivity index (χ1) is 31.7. The fourth-order valence-corrected chi connectivity index (χ4v) is 8.28. The van der Waals surface area contributed by atoms with Gasteiger partial charge in [0.2, 0.25) is 0 Å². The minimum atomic E-state index is 0.144. The summed E-state index contributed by atoms with van der Waals surface area (Å²) < 4.78 is 0. The molecular formula is C58H43N5O. The summed E-state index contributed by atoms with van der Waals surface area (Å²) in [7, 11) is 0. The first-order valence-corrected chi connectivity index (χ1v) is 21.3. The number of benzene rings is 8. The van der Waals surface area contributed by atoms with Gasteiger partial charge in [-0.25, -0.2) is 9.97 Å². The van der Waals surface area contributed by atoms with E-state index in [1.54, 1.807) is 6.07 Å². The van der Waals surface area contributed by atoms with Crippen molar-refractivity contribution in [3.8, 4) is 39.3 Å². The Labute approximate surface area is 373 Å². The average Bonchev–Trinajstić information content (AvgIpc) is 3.36. The molecule has 0 amide bonds. The maximum absolute atomic E-state index is 11.4. The number of para-hydroxylation sites is 5. The summed E-state index contributed by atoms with van der Waals surface area (Å²) in [6.45, 7) is 0. The normalized spacial score (nSPS) is 10.9. The highest BCUT2D eigenvalue weighted by atomic mass is 16.3. The quantitative estimate of drug-likeness (QED) is 0.132. The molecule has 306 valence electrons. The van der Waals surface area contributed by atoms with Crippen LogP contribution in [0.15, 0.2) is 255 Å². The minimum Gasteiger partial charge on any atom is -0.507 e. The molecule has 0 bridgehead atoms. The standard InChI is InChI=1S/C58H43N5O/c64-56-37-18-15-34-52(56)53-41-49(61(45-26-9-3-10-27-45)46-28-11-4-12-29-46)42-58(60-53)63(55-36-17-14-33-51(55)44-24-7-2-8-25-44)48-31-21-30-47(40-48)62(57-38-19-20-39-59-57)54-35-16-13-32-50(54)43-22-5-1-6-23-43/h1-42,64H. The molecule has 0 atom stereocenters. The smallest absolute Gasteiger partial charge is 0.140 e. The minimum absolute atomic E-state index is 0.144. The van der Waals surface area contributed by atoms with E-state index in [1.807, 2.05) is 66.9 Å². The number of hydrogen-bond acceptors (Lipinski definition) is 6. The lowest BCUT2D eigenvalue weighted by Crippen LogP contribution is -2.17. The van der Waals surface area contributed by atoms with Crippen LogP contribution in [0, 0.1) is 0 Å². The zero-order chi connectivity index (χ0) is 43.1. The van der Waals surface area contributed by atoms with Crippen LogP contribution in [0.4, 0.5) is 51.4 Å². The van der Waals surface area contributed by atoms with E-state index in [0.717, 1.165) is 67.9 Å². The topological polar surface area (TPSA) is 55.7 Å². The zero-order valence-corrected chi connectivity index (χ0v) is 34.9. The highest BCUT2D eigenvalue weighted by molar-refractivity contribution is 5.93. The predicted molar refractivity (Wildman–Crippen MR) is 264 cm³/mol. The molecule has 10 aromatic rings. The number of phenolic OH excluding ortho intramolecular Hbond substituents is 1. The Kier molecular flexibility index (Phi) is 11.1. The van der Waals surface area contributed by atoms with Gasteiger partial charge in [0, 0.05) is 51.7 Å². The maximum Gasteiger partial charge on any atom is 0.140 e. The largest absolute Gasteiger partial charge is 0.507 e. The third-order valence-corrected chi connectivity index (χ3v) is 11.2. The number of aromatic nitrogens is 2. The van der Waals surface area contributed by atoms with Gasteiger partial charge in [-0.15, -0.1) is 0 Å². The van der Waals surface area contributed by atoms with E-state index in [4.69, 9.17) is 9.97 Å². The van der Waals surface area contributed by atoms with Gasteiger partial charge in [-0.05, 0) is 96.1 Å². The van der Waals surface area contributed by atoms with Crippen LogP contribution in [0.2, 0.25) is 0 Å². The Hall–Kier alpha value is -8.74. The second-order valence-electron chi connectivity index (χ2n) is 15.2. The lowest BCUT2D eigenvalue weighted by molar-refractivity contribution is 0.477. The molecule has 0 aliphatic carbocycles. The van der Waals surface area contributed by atoms with E-state index in [1.165, 1.54) is 0 Å². The SMILES string of the molecule is Oc1ccccc1-c1cc(N(c2ccccc2)c2ccccc2)cc(N(c2cccc(N(c3ccccn3)c3ccccc3-c3ccccc3)c2)c2ccccc2-c2ccccc2)n1. The molecule has 2 aromatic heterocycles. The molecule has 2 heterocycles. The van der Waals surface area contributed by atoms with Crippen molar-refractivity contribution >= 4 is 51.4 Å². The molecule has 0 spiro atoms. The first-order valence-electron chi connectivity index (χ1n) is 21.3. The Balaban J connectivity index is 1.24. The van der Waals surface area contributed by atoms with E-state index in [2.05, 4.69) is 197 Å². The molecule has 1 N–H and O–H groups in total. The highest BCUT2D eigenvalue weighted by Crippen LogP contribution is 2.47. The van der Waals surface area contributed by atoms with E-state index < -0.39 is 0 Å². The van der Waals surface area contributed by atoms with Crippen LogP contribution in [0.5, 0.6) is 5.75 Å². The van der Waals surface area contributed by atoms with E-state index in [9.17, 15) is 5.11 Å². The van der Waals surface area contributed by atoms with Gasteiger partial charge in [0.25, 0.3) is 0 Å². The van der Waals surface area contributed by atoms with Crippen molar-refractivity contribution < 1.29 is 5.11 Å². The molecule has 0 radical (unpaired) electrons. The van der Waals surface area contributed by atoms with Gasteiger partial charge < -0.3 is 10.0 Å². The molecule has 8 aromatic carbocycles. The first kappa shape index (κ1) is 39.4. The summed E-state index contributed by atoms with van der Waals surface area (Å²) in [6.07, 6.45) is 1.83. The van der Waals surface area contributed by atoms with Gasteiger partial charge in [-0.3, -0.25) is 9.80 Å². The number of rotatable bonds is 12. The van der Waals surface area contributed by atoms with Gasteiger partial charge in [0.05, 0.1) is 22.8 Å². The Morgan fingerprint density at radius 3 is 1.30 bits per heavy atom. The molecule has 0 aliphatic heterocycles. The molecule has 0 unspecified atom stereocenters. The van der Waals surface area contributed by atoms with E-state index in [-0.39, 0.29) is 5.75 Å². The van der Waals surface area contributed by atoms with Gasteiger partial charge in [0.15, 0.2) is 0 Å². The average molecular weight is 826 g/mol. The van der Waals surface area contributed by atoms with Gasteiger partial charge >= 0.3 is 0 Å². The molecule has 6 heteroatoms. The number of aromatic hydroxyl groups is 1. The zero-order valence-electron chi connectivity index (χ0n) is 34.9. The third-order valence-electron chi connectivity index (χ3n) is 11.2. The summed E-state index contributed by atoms with van der Waals surface area (Å²) >= 11 is 0. The Bertz CT molecular complexity index is 3090. The second kappa shape index (κ2) is 18.1. The van der Waals surface area contributed by atoms with Crippen molar-refractivity contribution in [3.63, 3.8) is 0 Å². The van der Waals surface area contributed by atoms with Crippen LogP contribution < -0.4 is 14.7 Å². The second-order valence-corrected chi connectivity index (χ2v) is 15.2. The summed E-state index contributed by atoms with van der Waals surface area (Å²) in [4.78, 5) is 17.1. The van der Waals surface area contributed by atoms with Crippen molar-refractivity contribution in [2.24, 2.45) is 0 Å². The van der Waals surface area contributed by atoms with Gasteiger partial charge in [-0.2, -0.15) is 0 Å². The Morgan fingerprint density at radius 1 is 0.312 bits per heavy atom. The number of hydrogen-bond donors (Lipinski definition) is 1. The number of phenols is 1. The van der Waals surface area contributed by atoms with Gasteiger partial charge in [0.1, 0.15) is 17.4 Å². The van der Waals surface area contributed by atoms with Crippen molar-refractivity contribution in [1.82, 2.24) is 9.97 Å². The van der Waals surface area contributed by atoms with Crippen LogP contribution in [0.1, 0.15) is 0 Å². The summed E-state index contributed by atoms with van der Waals surface area (Å²) in [5.74, 6) is 1.58. The highest BCUT2D eigenvalue weighted by Gasteiger charge is 2.25. The van der Waals surface area contributed by atoms with E-state index in [0.29, 0.717) is 17.1 Å².